The van der Waals surface area contributed by atoms with Crippen LogP contribution in [-0.2, 0) is 9.59 Å². The number of carbonyl (C=O) groups is 2. The van der Waals surface area contributed by atoms with Crippen LogP contribution in [-0.4, -0.2) is 39.3 Å². The quantitative estimate of drug-likeness (QED) is 0.666. The van der Waals surface area contributed by atoms with E-state index >= 15 is 0 Å². The summed E-state index contributed by atoms with van der Waals surface area (Å²) in [6.45, 7) is 6.72. The third kappa shape index (κ3) is 3.20. The molecule has 162 valence electrons. The van der Waals surface area contributed by atoms with Crippen LogP contribution >= 0.6 is 0 Å². The predicted molar refractivity (Wildman–Crippen MR) is 109 cm³/mol. The minimum Gasteiger partial charge on any atom is -0.481 e. The van der Waals surface area contributed by atoms with E-state index in [9.17, 15) is 19.8 Å². The first-order chi connectivity index (χ1) is 13.6. The summed E-state index contributed by atoms with van der Waals surface area (Å²) in [6, 6.07) is 0. The van der Waals surface area contributed by atoms with Crippen molar-refractivity contribution in [2.24, 2.45) is 40.4 Å². The fourth-order valence-corrected chi connectivity index (χ4v) is 7.92. The van der Waals surface area contributed by atoms with Crippen LogP contribution in [0.4, 0.5) is 0 Å². The summed E-state index contributed by atoms with van der Waals surface area (Å²) in [5, 5.41) is 29.6. The maximum absolute atomic E-state index is 13.1. The molecule has 29 heavy (non-hydrogen) atoms. The maximum Gasteiger partial charge on any atom is 0.303 e. The third-order valence-electron chi connectivity index (χ3n) is 9.50. The molecule has 0 spiro atoms. The van der Waals surface area contributed by atoms with Crippen molar-refractivity contribution in [3.63, 3.8) is 0 Å². The van der Waals surface area contributed by atoms with Crippen LogP contribution in [0.1, 0.15) is 72.1 Å². The van der Waals surface area contributed by atoms with Gasteiger partial charge in [-0.25, -0.2) is 0 Å². The van der Waals surface area contributed by atoms with Gasteiger partial charge in [-0.05, 0) is 85.5 Å². The molecule has 4 aliphatic rings. The molecule has 0 radical (unpaired) electrons. The van der Waals surface area contributed by atoms with E-state index < -0.39 is 18.2 Å². The van der Waals surface area contributed by atoms with E-state index in [1.165, 1.54) is 5.57 Å². The van der Waals surface area contributed by atoms with E-state index in [1.54, 1.807) is 0 Å². The monoisotopic (exact) mass is 404 g/mol. The highest BCUT2D eigenvalue weighted by atomic mass is 16.4. The Morgan fingerprint density at radius 3 is 2.48 bits per heavy atom. The van der Waals surface area contributed by atoms with Crippen molar-refractivity contribution in [2.75, 3.05) is 0 Å². The molecule has 0 heterocycles. The normalized spacial score (nSPS) is 47.6. The Hall–Kier alpha value is -1.20. The molecule has 3 N–H and O–H groups in total. The fraction of sp³-hybridized carbons (Fsp3) is 0.833. The molecule has 0 bridgehead atoms. The summed E-state index contributed by atoms with van der Waals surface area (Å²) < 4.78 is 0. The predicted octanol–water partition coefficient (Wildman–Crippen LogP) is 3.58. The zero-order chi connectivity index (χ0) is 21.1. The van der Waals surface area contributed by atoms with Crippen molar-refractivity contribution in [1.29, 1.82) is 0 Å². The molecule has 5 heteroatoms. The number of ketones is 1. The highest BCUT2D eigenvalue weighted by Gasteiger charge is 2.60. The largest absolute Gasteiger partial charge is 0.481 e. The van der Waals surface area contributed by atoms with Gasteiger partial charge in [-0.3, -0.25) is 9.59 Å². The van der Waals surface area contributed by atoms with Gasteiger partial charge in [0.05, 0.1) is 12.2 Å². The highest BCUT2D eigenvalue weighted by Crippen LogP contribution is 2.66. The Bertz CT molecular complexity index is 729. The number of hydrogen-bond donors (Lipinski definition) is 3. The van der Waals surface area contributed by atoms with Gasteiger partial charge < -0.3 is 15.3 Å². The van der Waals surface area contributed by atoms with E-state index in [0.29, 0.717) is 42.9 Å². The Morgan fingerprint density at radius 2 is 1.79 bits per heavy atom. The highest BCUT2D eigenvalue weighted by molar-refractivity contribution is 5.94. The summed E-state index contributed by atoms with van der Waals surface area (Å²) in [5.41, 5.74) is 1.14. The number of fused-ring (bicyclic) bond motifs is 5. The lowest BCUT2D eigenvalue weighted by Crippen LogP contribution is -2.55. The van der Waals surface area contributed by atoms with E-state index in [1.807, 2.05) is 6.08 Å². The molecule has 0 aromatic carbocycles. The number of aliphatic hydroxyl groups excluding tert-OH is 2. The number of aliphatic carboxylic acids is 1. The number of carboxylic acids is 1. The molecular formula is C24H36O5. The Labute approximate surface area is 173 Å². The number of hydrogen-bond acceptors (Lipinski definition) is 4. The molecule has 3 saturated carbocycles. The van der Waals surface area contributed by atoms with Gasteiger partial charge in [0.2, 0.25) is 0 Å². The van der Waals surface area contributed by atoms with Gasteiger partial charge in [0.1, 0.15) is 0 Å². The SMILES string of the molecule is C[C@H](CCC(=O)O)[C@H]1CC[C@H]2C3=CC(=O)[C@H]4C[C@@H](O)[C@@H](O)C[C@]4(C)[C@H]3CC[C@]12C. The first kappa shape index (κ1) is 21.0. The molecule has 0 aromatic rings. The van der Waals surface area contributed by atoms with E-state index in [2.05, 4.69) is 20.8 Å². The first-order valence-corrected chi connectivity index (χ1v) is 11.4. The first-order valence-electron chi connectivity index (χ1n) is 11.4. The Kier molecular flexibility index (Phi) is 5.22. The molecule has 4 rings (SSSR count). The van der Waals surface area contributed by atoms with Gasteiger partial charge >= 0.3 is 5.97 Å². The van der Waals surface area contributed by atoms with Crippen molar-refractivity contribution in [1.82, 2.24) is 0 Å². The van der Waals surface area contributed by atoms with Crippen LogP contribution in [0.5, 0.6) is 0 Å². The summed E-state index contributed by atoms with van der Waals surface area (Å²) in [7, 11) is 0. The van der Waals surface area contributed by atoms with Crippen molar-refractivity contribution in [3.8, 4) is 0 Å². The molecular weight excluding hydrogens is 368 g/mol. The molecule has 0 amide bonds. The molecule has 0 unspecified atom stereocenters. The molecule has 0 saturated heterocycles. The van der Waals surface area contributed by atoms with Crippen molar-refractivity contribution in [2.45, 2.75) is 84.3 Å². The van der Waals surface area contributed by atoms with Crippen LogP contribution in [0.25, 0.3) is 0 Å². The van der Waals surface area contributed by atoms with Gasteiger partial charge in [0.25, 0.3) is 0 Å². The van der Waals surface area contributed by atoms with Crippen LogP contribution in [0.3, 0.4) is 0 Å². The Morgan fingerprint density at radius 1 is 1.10 bits per heavy atom. The number of rotatable bonds is 4. The number of carbonyl (C=O) groups excluding carboxylic acids is 1. The minimum absolute atomic E-state index is 0.122. The van der Waals surface area contributed by atoms with Crippen molar-refractivity contribution in [3.05, 3.63) is 11.6 Å². The smallest absolute Gasteiger partial charge is 0.303 e. The summed E-state index contributed by atoms with van der Waals surface area (Å²) in [6.07, 6.45) is 6.45. The van der Waals surface area contributed by atoms with Crippen molar-refractivity contribution < 1.29 is 24.9 Å². The van der Waals surface area contributed by atoms with Gasteiger partial charge in [-0.15, -0.1) is 0 Å². The van der Waals surface area contributed by atoms with Crippen LogP contribution in [0.2, 0.25) is 0 Å². The van der Waals surface area contributed by atoms with Gasteiger partial charge in [-0.1, -0.05) is 26.3 Å². The molecule has 5 nitrogen and oxygen atoms in total. The van der Waals surface area contributed by atoms with Crippen LogP contribution in [0.15, 0.2) is 11.6 Å². The van der Waals surface area contributed by atoms with Crippen molar-refractivity contribution >= 4 is 11.8 Å². The lowest BCUT2D eigenvalue weighted by Gasteiger charge is -2.57. The summed E-state index contributed by atoms with van der Waals surface area (Å²) in [4.78, 5) is 24.1. The zero-order valence-corrected chi connectivity index (χ0v) is 17.9. The lowest BCUT2D eigenvalue weighted by molar-refractivity contribution is -0.143. The molecule has 9 atom stereocenters. The van der Waals surface area contributed by atoms with E-state index in [4.69, 9.17) is 5.11 Å². The molecule has 0 aromatic heterocycles. The second kappa shape index (κ2) is 7.19. The van der Waals surface area contributed by atoms with E-state index in [-0.39, 0.29) is 29.0 Å². The summed E-state index contributed by atoms with van der Waals surface area (Å²) >= 11 is 0. The van der Waals surface area contributed by atoms with Gasteiger partial charge in [-0.2, -0.15) is 0 Å². The average Bonchev–Trinajstić information content (AvgIpc) is 2.99. The van der Waals surface area contributed by atoms with Crippen LogP contribution in [0, 0.1) is 40.4 Å². The van der Waals surface area contributed by atoms with Crippen LogP contribution < -0.4 is 0 Å². The summed E-state index contributed by atoms with van der Waals surface area (Å²) in [5.74, 6) is 0.767. The van der Waals surface area contributed by atoms with E-state index in [0.717, 1.165) is 25.7 Å². The van der Waals surface area contributed by atoms with Gasteiger partial charge in [0, 0.05) is 12.3 Å². The van der Waals surface area contributed by atoms with Gasteiger partial charge in [0.15, 0.2) is 5.78 Å². The number of allylic oxidation sites excluding steroid dienone is 2. The molecule has 4 aliphatic carbocycles. The lowest BCUT2D eigenvalue weighted by atomic mass is 9.47. The fourth-order valence-electron chi connectivity index (χ4n) is 7.92. The topological polar surface area (TPSA) is 94.8 Å². The third-order valence-corrected chi connectivity index (χ3v) is 9.50. The average molecular weight is 405 g/mol. The molecule has 3 fully saturated rings. The number of carboxylic acid groups (broad SMARTS) is 1. The maximum atomic E-state index is 13.1. The number of aliphatic hydroxyl groups is 2. The second-order valence-corrected chi connectivity index (χ2v) is 10.9. The second-order valence-electron chi connectivity index (χ2n) is 10.9. The standard InChI is InChI=1S/C24H36O5/c1-13(4-7-22(28)29)15-5-6-16-14-10-19(25)18-11-20(26)21(27)12-24(18,3)17(14)8-9-23(15,16)2/h10,13,15-18,20-21,26-27H,4-9,11-12H2,1-3H3,(H,28,29)/t13-,15-,16+,17+,18-,20-,21+,23-,24-/m1/s1. The zero-order valence-electron chi connectivity index (χ0n) is 17.9. The molecule has 0 aliphatic heterocycles. The minimum atomic E-state index is -0.799. The Balaban J connectivity index is 1.62.